The zero-order chi connectivity index (χ0) is 12.5. The van der Waals surface area contributed by atoms with Gasteiger partial charge in [0.2, 0.25) is 0 Å². The van der Waals surface area contributed by atoms with E-state index >= 15 is 0 Å². The van der Waals surface area contributed by atoms with Gasteiger partial charge in [0.15, 0.2) is 0 Å². The molecule has 1 aliphatic rings. The Morgan fingerprint density at radius 3 is 2.29 bits per heavy atom. The van der Waals surface area contributed by atoms with Crippen molar-refractivity contribution < 1.29 is 4.79 Å². The van der Waals surface area contributed by atoms with Crippen LogP contribution in [-0.2, 0) is 6.42 Å². The molecule has 2 rings (SSSR count). The molecule has 3 heteroatoms. The van der Waals surface area contributed by atoms with Crippen LogP contribution in [-0.4, -0.2) is 31.4 Å². The molecule has 0 atom stereocenters. The van der Waals surface area contributed by atoms with E-state index < -0.39 is 0 Å². The molecule has 1 aromatic rings. The Bertz CT molecular complexity index is 405. The van der Waals surface area contributed by atoms with Gasteiger partial charge in [-0.15, -0.1) is 0 Å². The van der Waals surface area contributed by atoms with Crippen molar-refractivity contribution in [1.82, 2.24) is 4.90 Å². The standard InChI is InChI=1S/C14H20N2O/c1-16(2)13(17)12-5-3-11(4-6-12)9-14(10-15)7-8-14/h3-6H,7-10,15H2,1-2H3. The Morgan fingerprint density at radius 2 is 1.88 bits per heavy atom. The van der Waals surface area contributed by atoms with Crippen LogP contribution < -0.4 is 5.73 Å². The molecule has 1 aromatic carbocycles. The van der Waals surface area contributed by atoms with Crippen LogP contribution >= 0.6 is 0 Å². The molecule has 0 aromatic heterocycles. The number of amides is 1. The topological polar surface area (TPSA) is 46.3 Å². The molecule has 3 nitrogen and oxygen atoms in total. The van der Waals surface area contributed by atoms with Crippen molar-refractivity contribution in [2.24, 2.45) is 11.1 Å². The Morgan fingerprint density at radius 1 is 1.29 bits per heavy atom. The average Bonchev–Trinajstić information content (AvgIpc) is 3.09. The Kier molecular flexibility index (Phi) is 3.20. The minimum Gasteiger partial charge on any atom is -0.345 e. The van der Waals surface area contributed by atoms with E-state index in [1.54, 1.807) is 19.0 Å². The molecular weight excluding hydrogens is 212 g/mol. The van der Waals surface area contributed by atoms with Gasteiger partial charge in [-0.3, -0.25) is 4.79 Å². The monoisotopic (exact) mass is 232 g/mol. The molecule has 2 N–H and O–H groups in total. The summed E-state index contributed by atoms with van der Waals surface area (Å²) < 4.78 is 0. The first-order valence-corrected chi connectivity index (χ1v) is 6.07. The van der Waals surface area contributed by atoms with E-state index in [9.17, 15) is 4.79 Å². The average molecular weight is 232 g/mol. The van der Waals surface area contributed by atoms with Crippen molar-refractivity contribution >= 4 is 5.91 Å². The second-order valence-electron chi connectivity index (χ2n) is 5.28. The van der Waals surface area contributed by atoms with Gasteiger partial charge in [0.25, 0.3) is 5.91 Å². The van der Waals surface area contributed by atoms with Gasteiger partial charge in [0, 0.05) is 19.7 Å². The molecule has 0 bridgehead atoms. The number of carbonyl (C=O) groups excluding carboxylic acids is 1. The highest BCUT2D eigenvalue weighted by Crippen LogP contribution is 2.47. The quantitative estimate of drug-likeness (QED) is 0.858. The van der Waals surface area contributed by atoms with Crippen molar-refractivity contribution in [2.45, 2.75) is 19.3 Å². The van der Waals surface area contributed by atoms with Crippen LogP contribution in [0.5, 0.6) is 0 Å². The molecule has 0 aliphatic heterocycles. The van der Waals surface area contributed by atoms with Gasteiger partial charge in [-0.05, 0) is 48.9 Å². The largest absolute Gasteiger partial charge is 0.345 e. The number of hydrogen-bond acceptors (Lipinski definition) is 2. The van der Waals surface area contributed by atoms with Crippen LogP contribution in [0.1, 0.15) is 28.8 Å². The van der Waals surface area contributed by atoms with Crippen LogP contribution in [0.15, 0.2) is 24.3 Å². The van der Waals surface area contributed by atoms with Gasteiger partial charge in [0.1, 0.15) is 0 Å². The van der Waals surface area contributed by atoms with Crippen LogP contribution in [0.2, 0.25) is 0 Å². The summed E-state index contributed by atoms with van der Waals surface area (Å²) in [5, 5.41) is 0. The minimum atomic E-state index is 0.0523. The smallest absolute Gasteiger partial charge is 0.253 e. The maximum atomic E-state index is 11.7. The summed E-state index contributed by atoms with van der Waals surface area (Å²) in [7, 11) is 3.54. The van der Waals surface area contributed by atoms with Gasteiger partial charge in [-0.25, -0.2) is 0 Å². The summed E-state index contributed by atoms with van der Waals surface area (Å²) >= 11 is 0. The molecule has 17 heavy (non-hydrogen) atoms. The Labute approximate surface area is 103 Å². The zero-order valence-electron chi connectivity index (χ0n) is 10.6. The fourth-order valence-electron chi connectivity index (χ4n) is 2.09. The third kappa shape index (κ3) is 2.67. The second-order valence-corrected chi connectivity index (χ2v) is 5.28. The summed E-state index contributed by atoms with van der Waals surface area (Å²) in [6, 6.07) is 7.91. The number of rotatable bonds is 4. The molecule has 1 amide bonds. The summed E-state index contributed by atoms with van der Waals surface area (Å²) in [5.41, 5.74) is 8.16. The van der Waals surface area contributed by atoms with Crippen LogP contribution in [0, 0.1) is 5.41 Å². The van der Waals surface area contributed by atoms with E-state index in [-0.39, 0.29) is 5.91 Å². The summed E-state index contributed by atoms with van der Waals surface area (Å²) in [6.45, 7) is 0.769. The number of nitrogens with zero attached hydrogens (tertiary/aromatic N) is 1. The van der Waals surface area contributed by atoms with Crippen molar-refractivity contribution in [3.8, 4) is 0 Å². The van der Waals surface area contributed by atoms with Crippen molar-refractivity contribution in [3.05, 3.63) is 35.4 Å². The molecule has 0 radical (unpaired) electrons. The normalized spacial score (nSPS) is 16.6. The summed E-state index contributed by atoms with van der Waals surface area (Å²) in [5.74, 6) is 0.0523. The third-order valence-corrected chi connectivity index (χ3v) is 3.58. The second kappa shape index (κ2) is 4.49. The number of nitrogens with two attached hydrogens (primary N) is 1. The maximum Gasteiger partial charge on any atom is 0.253 e. The molecule has 1 saturated carbocycles. The van der Waals surface area contributed by atoms with Gasteiger partial charge in [-0.2, -0.15) is 0 Å². The Balaban J connectivity index is 2.05. The first-order chi connectivity index (χ1) is 8.06. The van der Waals surface area contributed by atoms with Crippen LogP contribution in [0.3, 0.4) is 0 Å². The summed E-state index contributed by atoms with van der Waals surface area (Å²) in [4.78, 5) is 13.3. The minimum absolute atomic E-state index is 0.0523. The zero-order valence-corrected chi connectivity index (χ0v) is 10.6. The van der Waals surface area contributed by atoms with E-state index in [1.165, 1.54) is 18.4 Å². The van der Waals surface area contributed by atoms with Gasteiger partial charge in [0.05, 0.1) is 0 Å². The number of benzene rings is 1. The molecule has 0 saturated heterocycles. The van der Waals surface area contributed by atoms with Crippen molar-refractivity contribution in [3.63, 3.8) is 0 Å². The van der Waals surface area contributed by atoms with Crippen molar-refractivity contribution in [2.75, 3.05) is 20.6 Å². The molecule has 0 spiro atoms. The first kappa shape index (κ1) is 12.1. The highest BCUT2D eigenvalue weighted by Gasteiger charge is 2.40. The highest BCUT2D eigenvalue weighted by atomic mass is 16.2. The molecule has 1 fully saturated rings. The van der Waals surface area contributed by atoms with Gasteiger partial charge >= 0.3 is 0 Å². The molecule has 0 heterocycles. The molecule has 1 aliphatic carbocycles. The lowest BCUT2D eigenvalue weighted by molar-refractivity contribution is 0.0827. The predicted molar refractivity (Wildman–Crippen MR) is 68.9 cm³/mol. The van der Waals surface area contributed by atoms with Crippen molar-refractivity contribution in [1.29, 1.82) is 0 Å². The predicted octanol–water partition coefficient (Wildman–Crippen LogP) is 1.67. The fourth-order valence-corrected chi connectivity index (χ4v) is 2.09. The number of carbonyl (C=O) groups is 1. The molecule has 0 unspecified atom stereocenters. The van der Waals surface area contributed by atoms with Crippen LogP contribution in [0.25, 0.3) is 0 Å². The lowest BCUT2D eigenvalue weighted by atomic mass is 9.96. The van der Waals surface area contributed by atoms with Crippen LogP contribution in [0.4, 0.5) is 0 Å². The van der Waals surface area contributed by atoms with E-state index in [0.29, 0.717) is 5.41 Å². The first-order valence-electron chi connectivity index (χ1n) is 6.07. The Hall–Kier alpha value is -1.35. The van der Waals surface area contributed by atoms with Gasteiger partial charge in [-0.1, -0.05) is 12.1 Å². The molecule has 92 valence electrons. The summed E-state index contributed by atoms with van der Waals surface area (Å²) in [6.07, 6.45) is 3.52. The van der Waals surface area contributed by atoms with E-state index in [4.69, 9.17) is 5.73 Å². The van der Waals surface area contributed by atoms with Gasteiger partial charge < -0.3 is 10.6 Å². The van der Waals surface area contributed by atoms with E-state index in [1.807, 2.05) is 24.3 Å². The third-order valence-electron chi connectivity index (χ3n) is 3.58. The highest BCUT2D eigenvalue weighted by molar-refractivity contribution is 5.93. The van der Waals surface area contributed by atoms with E-state index in [0.717, 1.165) is 18.5 Å². The molecular formula is C14H20N2O. The number of hydrogen-bond donors (Lipinski definition) is 1. The fraction of sp³-hybridized carbons (Fsp3) is 0.500. The lowest BCUT2D eigenvalue weighted by Crippen LogP contribution is -2.21. The lowest BCUT2D eigenvalue weighted by Gasteiger charge is -2.13. The maximum absolute atomic E-state index is 11.7. The SMILES string of the molecule is CN(C)C(=O)c1ccc(CC2(CN)CC2)cc1. The van der Waals surface area contributed by atoms with E-state index in [2.05, 4.69) is 0 Å².